The van der Waals surface area contributed by atoms with Gasteiger partial charge in [-0.1, -0.05) is 11.6 Å². The van der Waals surface area contributed by atoms with Crippen LogP contribution >= 0.6 is 11.6 Å². The number of ether oxygens (including phenoxy) is 1. The number of anilines is 1. The number of nitrogens with zero attached hydrogens (tertiary/aromatic N) is 2. The average Bonchev–Trinajstić information content (AvgIpc) is 3.26. The molecule has 1 aromatic heterocycles. The molecule has 0 aliphatic carbocycles. The Labute approximate surface area is 170 Å². The fourth-order valence-corrected chi connectivity index (χ4v) is 3.73. The lowest BCUT2D eigenvalue weighted by Crippen LogP contribution is -2.17. The zero-order valence-electron chi connectivity index (χ0n) is 16.4. The molecule has 5 nitrogen and oxygen atoms in total. The van der Waals surface area contributed by atoms with Crippen molar-refractivity contribution in [3.63, 3.8) is 0 Å². The molecular formula is C22H24ClN3O2. The van der Waals surface area contributed by atoms with Crippen LogP contribution in [0.3, 0.4) is 0 Å². The molecule has 2 aromatic rings. The zero-order valence-corrected chi connectivity index (χ0v) is 17.1. The van der Waals surface area contributed by atoms with E-state index >= 15 is 0 Å². The van der Waals surface area contributed by atoms with Crippen LogP contribution in [0.15, 0.2) is 29.8 Å². The molecule has 3 rings (SSSR count). The summed E-state index contributed by atoms with van der Waals surface area (Å²) in [6.45, 7) is 7.51. The van der Waals surface area contributed by atoms with E-state index in [1.54, 1.807) is 24.3 Å². The van der Waals surface area contributed by atoms with Gasteiger partial charge in [0.05, 0.1) is 6.10 Å². The van der Waals surface area contributed by atoms with Crippen molar-refractivity contribution in [2.75, 3.05) is 11.9 Å². The van der Waals surface area contributed by atoms with Gasteiger partial charge in [0, 0.05) is 35.2 Å². The monoisotopic (exact) mass is 397 g/mol. The van der Waals surface area contributed by atoms with E-state index in [4.69, 9.17) is 16.3 Å². The van der Waals surface area contributed by atoms with Crippen molar-refractivity contribution in [2.45, 2.75) is 46.3 Å². The summed E-state index contributed by atoms with van der Waals surface area (Å²) in [5, 5.41) is 12.9. The highest BCUT2D eigenvalue weighted by Gasteiger charge is 2.19. The van der Waals surface area contributed by atoms with Gasteiger partial charge < -0.3 is 14.6 Å². The maximum Gasteiger partial charge on any atom is 0.266 e. The van der Waals surface area contributed by atoms with E-state index in [1.807, 2.05) is 32.9 Å². The summed E-state index contributed by atoms with van der Waals surface area (Å²) >= 11 is 5.96. The van der Waals surface area contributed by atoms with E-state index < -0.39 is 5.91 Å². The molecule has 0 unspecified atom stereocenters. The summed E-state index contributed by atoms with van der Waals surface area (Å²) in [5.41, 5.74) is 4.52. The highest BCUT2D eigenvalue weighted by Crippen LogP contribution is 2.23. The van der Waals surface area contributed by atoms with E-state index in [9.17, 15) is 10.1 Å². The third kappa shape index (κ3) is 4.46. The molecule has 1 aliphatic heterocycles. The minimum atomic E-state index is -0.433. The molecule has 28 heavy (non-hydrogen) atoms. The molecule has 0 bridgehead atoms. The normalized spacial score (nSPS) is 16.8. The molecule has 6 heteroatoms. The number of nitrogens with one attached hydrogen (secondary N) is 1. The fraction of sp³-hybridized carbons (Fsp3) is 0.364. The molecule has 0 radical (unpaired) electrons. The number of aryl methyl sites for hydroxylation is 2. The smallest absolute Gasteiger partial charge is 0.266 e. The number of hydrogen-bond acceptors (Lipinski definition) is 3. The van der Waals surface area contributed by atoms with Crippen LogP contribution in [0.25, 0.3) is 6.08 Å². The van der Waals surface area contributed by atoms with Crippen molar-refractivity contribution < 1.29 is 9.53 Å². The predicted molar refractivity (Wildman–Crippen MR) is 111 cm³/mol. The Morgan fingerprint density at radius 3 is 2.82 bits per heavy atom. The van der Waals surface area contributed by atoms with Crippen molar-refractivity contribution in [3.05, 3.63) is 57.4 Å². The molecule has 2 heterocycles. The number of benzene rings is 1. The van der Waals surface area contributed by atoms with Crippen LogP contribution in [-0.4, -0.2) is 23.2 Å². The Kier molecular flexibility index (Phi) is 6.23. The average molecular weight is 398 g/mol. The standard InChI is InChI=1S/C22H24ClN3O2/c1-14-9-19(23)6-7-21(14)25-22(27)18(12-24)11-17-10-15(2)26(16(17)3)13-20-5-4-8-28-20/h6-7,9-11,20H,4-5,8,13H2,1-3H3,(H,25,27)/b18-11+/t20-/m1/s1. The Morgan fingerprint density at radius 2 is 2.18 bits per heavy atom. The summed E-state index contributed by atoms with van der Waals surface area (Å²) in [7, 11) is 0. The van der Waals surface area contributed by atoms with E-state index in [0.29, 0.717) is 10.7 Å². The highest BCUT2D eigenvalue weighted by molar-refractivity contribution is 6.30. The number of aromatic nitrogens is 1. The van der Waals surface area contributed by atoms with Gasteiger partial charge in [0.2, 0.25) is 0 Å². The number of rotatable bonds is 5. The van der Waals surface area contributed by atoms with Gasteiger partial charge in [0.25, 0.3) is 5.91 Å². The molecular weight excluding hydrogens is 374 g/mol. The van der Waals surface area contributed by atoms with Gasteiger partial charge in [0.15, 0.2) is 0 Å². The predicted octanol–water partition coefficient (Wildman–Crippen LogP) is 4.79. The minimum Gasteiger partial charge on any atom is -0.376 e. The van der Waals surface area contributed by atoms with Gasteiger partial charge >= 0.3 is 0 Å². The lowest BCUT2D eigenvalue weighted by molar-refractivity contribution is -0.112. The number of carbonyl (C=O) groups is 1. The summed E-state index contributed by atoms with van der Waals surface area (Å²) in [4.78, 5) is 12.6. The Morgan fingerprint density at radius 1 is 1.39 bits per heavy atom. The van der Waals surface area contributed by atoms with E-state index in [1.165, 1.54) is 0 Å². The largest absolute Gasteiger partial charge is 0.376 e. The fourth-order valence-electron chi connectivity index (χ4n) is 3.51. The first-order valence-electron chi connectivity index (χ1n) is 9.36. The van der Waals surface area contributed by atoms with Crippen molar-refractivity contribution in [2.24, 2.45) is 0 Å². The summed E-state index contributed by atoms with van der Waals surface area (Å²) in [6.07, 6.45) is 4.04. The molecule has 1 atom stereocenters. The number of halogens is 1. The van der Waals surface area contributed by atoms with Crippen LogP contribution in [0.2, 0.25) is 5.02 Å². The zero-order chi connectivity index (χ0) is 20.3. The second-order valence-electron chi connectivity index (χ2n) is 7.16. The van der Waals surface area contributed by atoms with Crippen molar-refractivity contribution in [1.29, 1.82) is 5.26 Å². The minimum absolute atomic E-state index is 0.0618. The topological polar surface area (TPSA) is 67.0 Å². The van der Waals surface area contributed by atoms with Gasteiger partial charge in [-0.25, -0.2) is 0 Å². The Balaban J connectivity index is 1.82. The lowest BCUT2D eigenvalue weighted by atomic mass is 10.1. The quantitative estimate of drug-likeness (QED) is 0.582. The number of carbonyl (C=O) groups excluding carboxylic acids is 1. The van der Waals surface area contributed by atoms with Crippen LogP contribution in [0.5, 0.6) is 0 Å². The number of hydrogen-bond donors (Lipinski definition) is 1. The van der Waals surface area contributed by atoms with Crippen LogP contribution in [0, 0.1) is 32.1 Å². The van der Waals surface area contributed by atoms with E-state index in [2.05, 4.69) is 9.88 Å². The molecule has 1 aliphatic rings. The molecule has 146 valence electrons. The SMILES string of the molecule is Cc1cc(Cl)ccc1NC(=O)/C(C#N)=C/c1cc(C)n(C[C@H]2CCCO2)c1C. The number of nitriles is 1. The third-order valence-electron chi connectivity index (χ3n) is 5.12. The maximum atomic E-state index is 12.6. The first-order valence-corrected chi connectivity index (χ1v) is 9.74. The molecule has 1 fully saturated rings. The van der Waals surface area contributed by atoms with E-state index in [-0.39, 0.29) is 11.7 Å². The van der Waals surface area contributed by atoms with E-state index in [0.717, 1.165) is 48.5 Å². The van der Waals surface area contributed by atoms with Gasteiger partial charge in [0.1, 0.15) is 11.6 Å². The summed E-state index contributed by atoms with van der Waals surface area (Å²) < 4.78 is 7.93. The second kappa shape index (κ2) is 8.64. The van der Waals surface area contributed by atoms with Crippen LogP contribution in [-0.2, 0) is 16.1 Å². The lowest BCUT2D eigenvalue weighted by Gasteiger charge is -2.14. The second-order valence-corrected chi connectivity index (χ2v) is 7.59. The third-order valence-corrected chi connectivity index (χ3v) is 5.36. The Bertz CT molecular complexity index is 963. The molecule has 1 saturated heterocycles. The molecule has 1 N–H and O–H groups in total. The van der Waals surface area contributed by atoms with Gasteiger partial charge in [-0.05, 0) is 75.1 Å². The number of amides is 1. The maximum absolute atomic E-state index is 12.6. The molecule has 0 saturated carbocycles. The summed E-state index contributed by atoms with van der Waals surface area (Å²) in [5.74, 6) is -0.433. The van der Waals surface area contributed by atoms with Gasteiger partial charge in [-0.3, -0.25) is 4.79 Å². The van der Waals surface area contributed by atoms with Crippen molar-refractivity contribution in [3.8, 4) is 6.07 Å². The summed E-state index contributed by atoms with van der Waals surface area (Å²) in [6, 6.07) is 9.23. The van der Waals surface area contributed by atoms with Gasteiger partial charge in [-0.15, -0.1) is 0 Å². The van der Waals surface area contributed by atoms with Gasteiger partial charge in [-0.2, -0.15) is 5.26 Å². The van der Waals surface area contributed by atoms with Crippen LogP contribution in [0.4, 0.5) is 5.69 Å². The first-order chi connectivity index (χ1) is 13.4. The first kappa shape index (κ1) is 20.2. The van der Waals surface area contributed by atoms with Crippen LogP contribution in [0.1, 0.15) is 35.4 Å². The molecule has 1 amide bonds. The highest BCUT2D eigenvalue weighted by atomic mass is 35.5. The Hall–Kier alpha value is -2.55. The van der Waals surface area contributed by atoms with Crippen molar-refractivity contribution >= 4 is 29.3 Å². The molecule has 1 aromatic carbocycles. The molecule has 0 spiro atoms. The van der Waals surface area contributed by atoms with Crippen LogP contribution < -0.4 is 5.32 Å². The van der Waals surface area contributed by atoms with Crippen molar-refractivity contribution in [1.82, 2.24) is 4.57 Å².